The van der Waals surface area contributed by atoms with E-state index in [0.717, 1.165) is 28.1 Å². The number of rotatable bonds is 7. The molecule has 0 saturated carbocycles. The maximum Gasteiger partial charge on any atom is 0.353 e. The molecule has 0 radical (unpaired) electrons. The molecule has 3 aromatic carbocycles. The van der Waals surface area contributed by atoms with Crippen LogP contribution in [0.2, 0.25) is 0 Å². The lowest BCUT2D eigenvalue weighted by Gasteiger charge is -2.14. The fourth-order valence-corrected chi connectivity index (χ4v) is 5.34. The molecule has 0 N–H and O–H groups in total. The van der Waals surface area contributed by atoms with Crippen molar-refractivity contribution in [3.8, 4) is 11.5 Å². The molecule has 180 valence electrons. The average Bonchev–Trinajstić information content (AvgIpc) is 3.51. The molecule has 1 aliphatic rings. The standard InChI is InChI=1S/C28H21NO5S2/c1-2-33-23-15-18(12-13-22(23)34-27(31)24-11-6-14-35-24)16-25-26(30)29(28(32)36-25)17-20-9-5-8-19-7-3-4-10-21(19)20/h3-16H,2,17H2,1H3/b25-16-. The van der Waals surface area contributed by atoms with E-state index in [4.69, 9.17) is 9.47 Å². The van der Waals surface area contributed by atoms with Crippen molar-refractivity contribution in [2.24, 2.45) is 0 Å². The van der Waals surface area contributed by atoms with E-state index >= 15 is 0 Å². The van der Waals surface area contributed by atoms with Crippen molar-refractivity contribution in [2.45, 2.75) is 13.5 Å². The molecule has 1 aliphatic heterocycles. The molecule has 4 aromatic rings. The van der Waals surface area contributed by atoms with Crippen molar-refractivity contribution in [1.29, 1.82) is 0 Å². The number of nitrogens with zero attached hydrogens (tertiary/aromatic N) is 1. The van der Waals surface area contributed by atoms with Gasteiger partial charge in [-0.15, -0.1) is 11.3 Å². The van der Waals surface area contributed by atoms with Gasteiger partial charge in [0.25, 0.3) is 11.1 Å². The number of imide groups is 1. The van der Waals surface area contributed by atoms with Gasteiger partial charge in [0, 0.05) is 0 Å². The highest BCUT2D eigenvalue weighted by molar-refractivity contribution is 8.18. The normalized spacial score (nSPS) is 14.6. The number of benzene rings is 3. The van der Waals surface area contributed by atoms with Gasteiger partial charge in [-0.2, -0.15) is 0 Å². The molecule has 2 heterocycles. The summed E-state index contributed by atoms with van der Waals surface area (Å²) in [6.07, 6.45) is 1.65. The smallest absolute Gasteiger partial charge is 0.353 e. The summed E-state index contributed by atoms with van der Waals surface area (Å²) in [5.74, 6) is -0.139. The number of ether oxygens (including phenoxy) is 2. The van der Waals surface area contributed by atoms with Crippen LogP contribution in [0.4, 0.5) is 4.79 Å². The molecule has 0 bridgehead atoms. The zero-order valence-corrected chi connectivity index (χ0v) is 20.9. The lowest BCUT2D eigenvalue weighted by Crippen LogP contribution is -2.27. The molecule has 8 heteroatoms. The molecule has 1 aromatic heterocycles. The van der Waals surface area contributed by atoms with Crippen molar-refractivity contribution < 1.29 is 23.9 Å². The number of amides is 2. The van der Waals surface area contributed by atoms with E-state index in [9.17, 15) is 14.4 Å². The summed E-state index contributed by atoms with van der Waals surface area (Å²) in [4.78, 5) is 40.3. The molecule has 5 rings (SSSR count). The van der Waals surface area contributed by atoms with E-state index in [1.807, 2.05) is 49.4 Å². The second-order valence-electron chi connectivity index (χ2n) is 7.91. The lowest BCUT2D eigenvalue weighted by atomic mass is 10.0. The summed E-state index contributed by atoms with van der Waals surface area (Å²) in [7, 11) is 0. The third-order valence-electron chi connectivity index (χ3n) is 5.57. The predicted molar refractivity (Wildman–Crippen MR) is 142 cm³/mol. The monoisotopic (exact) mass is 515 g/mol. The van der Waals surface area contributed by atoms with Crippen molar-refractivity contribution in [3.63, 3.8) is 0 Å². The van der Waals surface area contributed by atoms with E-state index in [0.29, 0.717) is 27.7 Å². The molecule has 36 heavy (non-hydrogen) atoms. The first-order valence-electron chi connectivity index (χ1n) is 11.3. The Morgan fingerprint density at radius 2 is 1.81 bits per heavy atom. The molecule has 1 fully saturated rings. The predicted octanol–water partition coefficient (Wildman–Crippen LogP) is 6.76. The van der Waals surface area contributed by atoms with Crippen LogP contribution < -0.4 is 9.47 Å². The fraction of sp³-hybridized carbons (Fsp3) is 0.107. The SMILES string of the molecule is CCOc1cc(/C=C2\SC(=O)N(Cc3cccc4ccccc34)C2=O)ccc1OC(=O)c1cccs1. The highest BCUT2D eigenvalue weighted by atomic mass is 32.2. The maximum absolute atomic E-state index is 13.1. The quantitative estimate of drug-likeness (QED) is 0.154. The van der Waals surface area contributed by atoms with Gasteiger partial charge < -0.3 is 9.47 Å². The zero-order chi connectivity index (χ0) is 25.1. The third-order valence-corrected chi connectivity index (χ3v) is 7.33. The highest BCUT2D eigenvalue weighted by Gasteiger charge is 2.35. The minimum Gasteiger partial charge on any atom is -0.490 e. The van der Waals surface area contributed by atoms with Crippen LogP contribution >= 0.6 is 23.1 Å². The van der Waals surface area contributed by atoms with Crippen molar-refractivity contribution in [2.75, 3.05) is 6.61 Å². The molecule has 6 nitrogen and oxygen atoms in total. The average molecular weight is 516 g/mol. The Bertz CT molecular complexity index is 1490. The Morgan fingerprint density at radius 3 is 2.61 bits per heavy atom. The number of carbonyl (C=O) groups is 3. The number of hydrogen-bond acceptors (Lipinski definition) is 7. The fourth-order valence-electron chi connectivity index (χ4n) is 3.90. The molecule has 1 saturated heterocycles. The van der Waals surface area contributed by atoms with Crippen LogP contribution in [-0.2, 0) is 11.3 Å². The van der Waals surface area contributed by atoms with E-state index in [1.54, 1.807) is 41.8 Å². The van der Waals surface area contributed by atoms with Crippen molar-refractivity contribution in [3.05, 3.63) is 99.1 Å². The van der Waals surface area contributed by atoms with Crippen LogP contribution in [-0.4, -0.2) is 28.6 Å². The first kappa shape index (κ1) is 23.8. The van der Waals surface area contributed by atoms with Gasteiger partial charge >= 0.3 is 5.97 Å². The number of carbonyl (C=O) groups excluding carboxylic acids is 3. The number of hydrogen-bond donors (Lipinski definition) is 0. The minimum atomic E-state index is -0.465. The first-order valence-corrected chi connectivity index (χ1v) is 13.0. The third kappa shape index (κ3) is 4.91. The molecular formula is C28H21NO5S2. The Labute approximate surface area is 216 Å². The highest BCUT2D eigenvalue weighted by Crippen LogP contribution is 2.36. The molecular weight excluding hydrogens is 494 g/mol. The Hall–Kier alpha value is -3.88. The Morgan fingerprint density at radius 1 is 0.972 bits per heavy atom. The second kappa shape index (κ2) is 10.4. The lowest BCUT2D eigenvalue weighted by molar-refractivity contribution is -0.123. The van der Waals surface area contributed by atoms with Crippen molar-refractivity contribution >= 4 is 57.1 Å². The van der Waals surface area contributed by atoms with E-state index < -0.39 is 5.97 Å². The minimum absolute atomic E-state index is 0.200. The summed E-state index contributed by atoms with van der Waals surface area (Å²) in [6.45, 7) is 2.40. The number of thioether (sulfide) groups is 1. The van der Waals surface area contributed by atoms with Crippen LogP contribution in [0.1, 0.15) is 27.7 Å². The van der Waals surface area contributed by atoms with E-state index in [-0.39, 0.29) is 23.4 Å². The molecule has 2 amide bonds. The first-order chi connectivity index (χ1) is 17.5. The molecule has 0 spiro atoms. The Kier molecular flexibility index (Phi) is 6.88. The number of thiophene rings is 1. The molecule has 0 aliphatic carbocycles. The summed E-state index contributed by atoms with van der Waals surface area (Å²) >= 11 is 2.20. The van der Waals surface area contributed by atoms with Gasteiger partial charge in [-0.05, 0) is 70.2 Å². The van der Waals surface area contributed by atoms with Crippen LogP contribution in [0.15, 0.2) is 83.1 Å². The zero-order valence-electron chi connectivity index (χ0n) is 19.3. The van der Waals surface area contributed by atoms with Crippen LogP contribution in [0.5, 0.6) is 11.5 Å². The van der Waals surface area contributed by atoms with Gasteiger partial charge in [0.15, 0.2) is 11.5 Å². The van der Waals surface area contributed by atoms with E-state index in [2.05, 4.69) is 0 Å². The van der Waals surface area contributed by atoms with Crippen molar-refractivity contribution in [1.82, 2.24) is 4.90 Å². The number of fused-ring (bicyclic) bond motifs is 1. The molecule has 0 unspecified atom stereocenters. The van der Waals surface area contributed by atoms with Gasteiger partial charge in [0.2, 0.25) is 0 Å². The summed E-state index contributed by atoms with van der Waals surface area (Å²) in [6, 6.07) is 22.3. The Balaban J connectivity index is 1.37. The van der Waals surface area contributed by atoms with Gasteiger partial charge in [0.1, 0.15) is 4.88 Å². The van der Waals surface area contributed by atoms with Crippen LogP contribution in [0.25, 0.3) is 16.8 Å². The summed E-state index contributed by atoms with van der Waals surface area (Å²) in [5, 5.41) is 3.56. The number of esters is 1. The largest absolute Gasteiger partial charge is 0.490 e. The van der Waals surface area contributed by atoms with Gasteiger partial charge in [-0.3, -0.25) is 14.5 Å². The van der Waals surface area contributed by atoms with E-state index in [1.165, 1.54) is 16.2 Å². The molecule has 0 atom stereocenters. The maximum atomic E-state index is 13.1. The van der Waals surface area contributed by atoms with Gasteiger partial charge in [-0.1, -0.05) is 54.6 Å². The summed E-state index contributed by atoms with van der Waals surface area (Å²) < 4.78 is 11.2. The second-order valence-corrected chi connectivity index (χ2v) is 9.85. The van der Waals surface area contributed by atoms with Crippen LogP contribution in [0.3, 0.4) is 0 Å². The van der Waals surface area contributed by atoms with Crippen LogP contribution in [0, 0.1) is 0 Å². The van der Waals surface area contributed by atoms with Gasteiger partial charge in [-0.25, -0.2) is 4.79 Å². The van der Waals surface area contributed by atoms with Gasteiger partial charge in [0.05, 0.1) is 18.1 Å². The topological polar surface area (TPSA) is 72.9 Å². The summed E-state index contributed by atoms with van der Waals surface area (Å²) in [5.41, 5.74) is 1.57.